The third-order valence-corrected chi connectivity index (χ3v) is 7.07. The van der Waals surface area contributed by atoms with Gasteiger partial charge in [-0.2, -0.15) is 5.26 Å². The van der Waals surface area contributed by atoms with E-state index in [4.69, 9.17) is 10.00 Å². The molecule has 31 heavy (non-hydrogen) atoms. The third-order valence-electron chi connectivity index (χ3n) is 5.30. The van der Waals surface area contributed by atoms with Gasteiger partial charge >= 0.3 is 5.97 Å². The molecule has 0 aliphatic heterocycles. The van der Waals surface area contributed by atoms with Crippen molar-refractivity contribution >= 4 is 32.5 Å². The number of nitrogens with one attached hydrogen (secondary N) is 2. The number of H-pyrrole nitrogens is 1. The van der Waals surface area contributed by atoms with E-state index in [9.17, 15) is 13.2 Å². The first-order valence-electron chi connectivity index (χ1n) is 9.90. The van der Waals surface area contributed by atoms with Gasteiger partial charge in [-0.15, -0.1) is 0 Å². The molecule has 1 fully saturated rings. The summed E-state index contributed by atoms with van der Waals surface area (Å²) in [5.41, 5.74) is 1.90. The Bertz CT molecular complexity index is 1270. The number of hydrogen-bond acceptors (Lipinski definition) is 8. The van der Waals surface area contributed by atoms with Crippen LogP contribution in [0.5, 0.6) is 0 Å². The Hall–Kier alpha value is -3.45. The van der Waals surface area contributed by atoms with Crippen molar-refractivity contribution < 1.29 is 17.9 Å². The first-order chi connectivity index (χ1) is 14.9. The first kappa shape index (κ1) is 20.8. The fraction of sp³-hybridized carbons (Fsp3) is 0.333. The normalized spacial score (nSPS) is 18.2. The molecule has 0 atom stereocenters. The molecule has 4 rings (SSSR count). The van der Waals surface area contributed by atoms with E-state index in [2.05, 4.69) is 20.3 Å². The summed E-state index contributed by atoms with van der Waals surface area (Å²) in [7, 11) is -3.58. The second-order valence-corrected chi connectivity index (χ2v) is 9.44. The largest absolute Gasteiger partial charge is 0.462 e. The number of ether oxygens (including phenoxy) is 1. The van der Waals surface area contributed by atoms with Crippen LogP contribution < -0.4 is 5.32 Å². The van der Waals surface area contributed by atoms with E-state index in [1.54, 1.807) is 13.1 Å². The van der Waals surface area contributed by atoms with Crippen molar-refractivity contribution in [3.8, 4) is 6.07 Å². The van der Waals surface area contributed by atoms with E-state index in [1.165, 1.54) is 24.5 Å². The van der Waals surface area contributed by atoms with Crippen LogP contribution in [0.15, 0.2) is 41.8 Å². The molecule has 3 aromatic rings. The van der Waals surface area contributed by atoms with Crippen molar-refractivity contribution in [3.05, 3.63) is 47.9 Å². The van der Waals surface area contributed by atoms with E-state index in [0.717, 1.165) is 5.39 Å². The summed E-state index contributed by atoms with van der Waals surface area (Å²) >= 11 is 0. The van der Waals surface area contributed by atoms with Crippen molar-refractivity contribution in [2.45, 2.75) is 30.8 Å². The molecule has 10 heteroatoms. The molecule has 9 nitrogen and oxygen atoms in total. The summed E-state index contributed by atoms with van der Waals surface area (Å²) in [6.45, 7) is 2.00. The Morgan fingerprint density at radius 2 is 2.16 bits per heavy atom. The standard InChI is InChI=1S/C21H21N5O4S/c1-2-30-21(27)17-11-25-20-16(4-6-24-20)19(17)26-15-7-14(8-15)12-31(28,29)18-9-13(10-22)3-5-23-18/h3-6,9,11,14-15H,2,7-8,12H2,1H3,(H2,24,25,26). The second kappa shape index (κ2) is 8.35. The molecule has 0 radical (unpaired) electrons. The summed E-state index contributed by atoms with van der Waals surface area (Å²) in [6, 6.07) is 6.56. The number of carbonyl (C=O) groups excluding carboxylic acids is 1. The molecular weight excluding hydrogens is 418 g/mol. The van der Waals surface area contributed by atoms with Gasteiger partial charge in [0.05, 0.1) is 29.7 Å². The van der Waals surface area contributed by atoms with Crippen LogP contribution in [0.4, 0.5) is 5.69 Å². The van der Waals surface area contributed by atoms with Crippen LogP contribution in [-0.4, -0.2) is 47.7 Å². The molecule has 160 valence electrons. The summed E-state index contributed by atoms with van der Waals surface area (Å²) in [5.74, 6) is -0.527. The van der Waals surface area contributed by atoms with Crippen molar-refractivity contribution in [2.24, 2.45) is 5.92 Å². The number of pyridine rings is 2. The van der Waals surface area contributed by atoms with E-state index in [-0.39, 0.29) is 34.9 Å². The number of sulfone groups is 1. The maximum absolute atomic E-state index is 12.7. The molecule has 1 aliphatic carbocycles. The molecule has 1 saturated carbocycles. The number of carbonyl (C=O) groups is 1. The van der Waals surface area contributed by atoms with E-state index in [1.807, 2.05) is 12.1 Å². The lowest BCUT2D eigenvalue weighted by Crippen LogP contribution is -2.39. The quantitative estimate of drug-likeness (QED) is 0.536. The molecule has 0 bridgehead atoms. The number of esters is 1. The van der Waals surface area contributed by atoms with Gasteiger partial charge in [-0.3, -0.25) is 0 Å². The second-order valence-electron chi connectivity index (χ2n) is 7.46. The number of nitrogens with zero attached hydrogens (tertiary/aromatic N) is 3. The Kier molecular flexibility index (Phi) is 5.61. The molecule has 2 N–H and O–H groups in total. The fourth-order valence-electron chi connectivity index (χ4n) is 3.77. The van der Waals surface area contributed by atoms with Crippen LogP contribution in [0.2, 0.25) is 0 Å². The van der Waals surface area contributed by atoms with Gasteiger partial charge in [0.2, 0.25) is 0 Å². The molecule has 0 saturated heterocycles. The average molecular weight is 439 g/mol. The molecule has 0 unspecified atom stereocenters. The minimum atomic E-state index is -3.58. The van der Waals surface area contributed by atoms with Crippen LogP contribution in [0.3, 0.4) is 0 Å². The topological polar surface area (TPSA) is 138 Å². The van der Waals surface area contributed by atoms with Crippen LogP contribution in [0.1, 0.15) is 35.7 Å². The highest BCUT2D eigenvalue weighted by atomic mass is 32.2. The molecule has 0 spiro atoms. The van der Waals surface area contributed by atoms with Gasteiger partial charge in [-0.1, -0.05) is 0 Å². The predicted molar refractivity (Wildman–Crippen MR) is 113 cm³/mol. The SMILES string of the molecule is CCOC(=O)c1cnc2[nH]ccc2c1NC1CC(CS(=O)(=O)c2cc(C#N)ccn2)C1. The van der Waals surface area contributed by atoms with E-state index >= 15 is 0 Å². The van der Waals surface area contributed by atoms with Gasteiger partial charge in [-0.25, -0.2) is 23.2 Å². The van der Waals surface area contributed by atoms with E-state index < -0.39 is 15.8 Å². The number of aromatic amines is 1. The summed E-state index contributed by atoms with van der Waals surface area (Å²) < 4.78 is 30.5. The number of fused-ring (bicyclic) bond motifs is 1. The lowest BCUT2D eigenvalue weighted by molar-refractivity contribution is 0.0527. The fourth-order valence-corrected chi connectivity index (χ4v) is 5.36. The minimum Gasteiger partial charge on any atom is -0.462 e. The Morgan fingerprint density at radius 1 is 1.35 bits per heavy atom. The maximum Gasteiger partial charge on any atom is 0.341 e. The Balaban J connectivity index is 1.46. The highest BCUT2D eigenvalue weighted by Gasteiger charge is 2.35. The van der Waals surface area contributed by atoms with Gasteiger partial charge in [0.1, 0.15) is 11.2 Å². The molecule has 0 aromatic carbocycles. The summed E-state index contributed by atoms with van der Waals surface area (Å²) in [6.07, 6.45) is 5.82. The molecule has 3 aromatic heterocycles. The van der Waals surface area contributed by atoms with Crippen LogP contribution in [0.25, 0.3) is 11.0 Å². The summed E-state index contributed by atoms with van der Waals surface area (Å²) in [4.78, 5) is 23.6. The average Bonchev–Trinajstić information content (AvgIpc) is 3.21. The lowest BCUT2D eigenvalue weighted by Gasteiger charge is -2.36. The van der Waals surface area contributed by atoms with Crippen molar-refractivity contribution in [3.63, 3.8) is 0 Å². The van der Waals surface area contributed by atoms with Crippen molar-refractivity contribution in [2.75, 3.05) is 17.7 Å². The zero-order chi connectivity index (χ0) is 22.0. The lowest BCUT2D eigenvalue weighted by atomic mass is 9.81. The monoisotopic (exact) mass is 439 g/mol. The van der Waals surface area contributed by atoms with Gasteiger partial charge in [0.25, 0.3) is 0 Å². The van der Waals surface area contributed by atoms with Crippen molar-refractivity contribution in [1.82, 2.24) is 15.0 Å². The van der Waals surface area contributed by atoms with Gasteiger partial charge in [0, 0.05) is 30.0 Å². The zero-order valence-corrected chi connectivity index (χ0v) is 17.6. The Labute approximate surface area is 179 Å². The molecule has 3 heterocycles. The van der Waals surface area contributed by atoms with Gasteiger partial charge < -0.3 is 15.0 Å². The molecular formula is C21H21N5O4S. The number of rotatable bonds is 7. The van der Waals surface area contributed by atoms with Crippen LogP contribution in [0, 0.1) is 17.2 Å². The first-order valence-corrected chi connectivity index (χ1v) is 11.5. The van der Waals surface area contributed by atoms with Crippen LogP contribution >= 0.6 is 0 Å². The van der Waals surface area contributed by atoms with E-state index in [0.29, 0.717) is 29.7 Å². The molecule has 0 amide bonds. The summed E-state index contributed by atoms with van der Waals surface area (Å²) in [5, 5.41) is 13.1. The highest BCUT2D eigenvalue weighted by Crippen LogP contribution is 2.35. The highest BCUT2D eigenvalue weighted by molar-refractivity contribution is 7.91. The van der Waals surface area contributed by atoms with Crippen molar-refractivity contribution in [1.29, 1.82) is 5.26 Å². The zero-order valence-electron chi connectivity index (χ0n) is 16.8. The Morgan fingerprint density at radius 3 is 2.90 bits per heavy atom. The minimum absolute atomic E-state index is 0.0206. The number of aromatic nitrogens is 3. The van der Waals surface area contributed by atoms with Gasteiger partial charge in [0.15, 0.2) is 14.9 Å². The van der Waals surface area contributed by atoms with Crippen LogP contribution in [-0.2, 0) is 14.6 Å². The number of anilines is 1. The number of nitriles is 1. The third kappa shape index (κ3) is 4.22. The smallest absolute Gasteiger partial charge is 0.341 e. The molecule has 1 aliphatic rings. The maximum atomic E-state index is 12.7. The van der Waals surface area contributed by atoms with Gasteiger partial charge in [-0.05, 0) is 43.9 Å². The predicted octanol–water partition coefficient (Wildman–Crippen LogP) is 2.67. The number of hydrogen-bond donors (Lipinski definition) is 2.